The molecule has 1 saturated heterocycles. The topological polar surface area (TPSA) is 79.2 Å². The molecule has 0 aliphatic carbocycles. The molecule has 0 radical (unpaired) electrons. The lowest BCUT2D eigenvalue weighted by Crippen LogP contribution is -2.48. The number of hydrogen-bond acceptors (Lipinski definition) is 5. The third kappa shape index (κ3) is 3.36. The highest BCUT2D eigenvalue weighted by Gasteiger charge is 2.19. The van der Waals surface area contributed by atoms with E-state index in [1.54, 1.807) is 23.3 Å². The SMILES string of the molecule is CN1CCN(C(=O)Nc2cc3cc(-c4cnn(C)c4)ncc3cn2)CC1. The Hall–Kier alpha value is -3.00. The van der Waals surface area contributed by atoms with Gasteiger partial charge in [-0.3, -0.25) is 15.0 Å². The maximum atomic E-state index is 12.4. The van der Waals surface area contributed by atoms with Gasteiger partial charge in [-0.25, -0.2) is 9.78 Å². The van der Waals surface area contributed by atoms with Crippen LogP contribution in [0.2, 0.25) is 0 Å². The molecule has 1 N–H and O–H groups in total. The molecule has 1 fully saturated rings. The van der Waals surface area contributed by atoms with Crippen molar-refractivity contribution in [2.75, 3.05) is 38.5 Å². The second-order valence-electron chi connectivity index (χ2n) is 6.61. The predicted molar refractivity (Wildman–Crippen MR) is 99.8 cm³/mol. The van der Waals surface area contributed by atoms with Crippen molar-refractivity contribution in [1.82, 2.24) is 29.5 Å². The number of pyridine rings is 2. The zero-order chi connectivity index (χ0) is 18.1. The molecule has 8 heteroatoms. The van der Waals surface area contributed by atoms with Crippen molar-refractivity contribution in [3.8, 4) is 11.3 Å². The number of anilines is 1. The van der Waals surface area contributed by atoms with Crippen molar-refractivity contribution < 1.29 is 4.79 Å². The number of urea groups is 1. The number of nitrogens with zero attached hydrogens (tertiary/aromatic N) is 6. The molecule has 4 rings (SSSR count). The zero-order valence-electron chi connectivity index (χ0n) is 14.9. The van der Waals surface area contributed by atoms with Crippen LogP contribution in [0.15, 0.2) is 36.9 Å². The summed E-state index contributed by atoms with van der Waals surface area (Å²) in [5.74, 6) is 0.546. The third-order valence-corrected chi connectivity index (χ3v) is 4.63. The molecule has 1 aliphatic heterocycles. The lowest BCUT2D eigenvalue weighted by atomic mass is 10.1. The summed E-state index contributed by atoms with van der Waals surface area (Å²) in [6.07, 6.45) is 7.22. The quantitative estimate of drug-likeness (QED) is 0.762. The lowest BCUT2D eigenvalue weighted by molar-refractivity contribution is 0.164. The fourth-order valence-corrected chi connectivity index (χ4v) is 3.02. The second kappa shape index (κ2) is 6.72. The number of nitrogens with one attached hydrogen (secondary N) is 1. The number of piperazine rings is 1. The van der Waals surface area contributed by atoms with Gasteiger partial charge in [-0.2, -0.15) is 5.10 Å². The Morgan fingerprint density at radius 1 is 1.00 bits per heavy atom. The highest BCUT2D eigenvalue weighted by Crippen LogP contribution is 2.23. The summed E-state index contributed by atoms with van der Waals surface area (Å²) in [5.41, 5.74) is 1.79. The van der Waals surface area contributed by atoms with Crippen molar-refractivity contribution in [3.05, 3.63) is 36.9 Å². The molecule has 3 aromatic heterocycles. The first kappa shape index (κ1) is 16.5. The molecule has 4 heterocycles. The van der Waals surface area contributed by atoms with E-state index in [1.807, 2.05) is 30.3 Å². The molecule has 0 spiro atoms. The Morgan fingerprint density at radius 3 is 2.50 bits per heavy atom. The Kier molecular flexibility index (Phi) is 4.26. The summed E-state index contributed by atoms with van der Waals surface area (Å²) in [6.45, 7) is 3.23. The molecule has 0 aromatic carbocycles. The molecule has 1 aliphatic rings. The van der Waals surface area contributed by atoms with Crippen molar-refractivity contribution in [2.45, 2.75) is 0 Å². The van der Waals surface area contributed by atoms with E-state index in [1.165, 1.54) is 0 Å². The minimum Gasteiger partial charge on any atom is -0.322 e. The van der Waals surface area contributed by atoms with E-state index in [2.05, 4.69) is 32.3 Å². The van der Waals surface area contributed by atoms with Crippen LogP contribution in [-0.2, 0) is 7.05 Å². The molecule has 134 valence electrons. The summed E-state index contributed by atoms with van der Waals surface area (Å²) >= 11 is 0. The first-order chi connectivity index (χ1) is 12.6. The van der Waals surface area contributed by atoms with Crippen LogP contribution in [0.4, 0.5) is 10.6 Å². The number of aryl methyl sites for hydroxylation is 1. The summed E-state index contributed by atoms with van der Waals surface area (Å²) in [4.78, 5) is 25.3. The lowest BCUT2D eigenvalue weighted by Gasteiger charge is -2.32. The van der Waals surface area contributed by atoms with E-state index in [9.17, 15) is 4.79 Å². The minimum atomic E-state index is -0.105. The average Bonchev–Trinajstić information content (AvgIpc) is 3.08. The van der Waals surface area contributed by atoms with Crippen LogP contribution in [0.25, 0.3) is 22.0 Å². The van der Waals surface area contributed by atoms with Crippen LogP contribution in [0, 0.1) is 0 Å². The van der Waals surface area contributed by atoms with Crippen LogP contribution in [-0.4, -0.2) is 68.8 Å². The molecule has 3 aromatic rings. The van der Waals surface area contributed by atoms with Gasteiger partial charge >= 0.3 is 6.03 Å². The first-order valence-electron chi connectivity index (χ1n) is 8.58. The van der Waals surface area contributed by atoms with E-state index in [0.29, 0.717) is 5.82 Å². The Bertz CT molecular complexity index is 944. The second-order valence-corrected chi connectivity index (χ2v) is 6.61. The van der Waals surface area contributed by atoms with Crippen molar-refractivity contribution in [2.24, 2.45) is 7.05 Å². The summed E-state index contributed by atoms with van der Waals surface area (Å²) in [5, 5.41) is 8.99. The number of carbonyl (C=O) groups excluding carboxylic acids is 1. The Morgan fingerprint density at radius 2 is 1.77 bits per heavy atom. The van der Waals surface area contributed by atoms with Crippen LogP contribution in [0.3, 0.4) is 0 Å². The first-order valence-corrected chi connectivity index (χ1v) is 8.58. The summed E-state index contributed by atoms with van der Waals surface area (Å²) in [6, 6.07) is 3.76. The van der Waals surface area contributed by atoms with Gasteiger partial charge in [0.05, 0.1) is 11.9 Å². The van der Waals surface area contributed by atoms with Gasteiger partial charge in [-0.15, -0.1) is 0 Å². The van der Waals surface area contributed by atoms with E-state index >= 15 is 0 Å². The van der Waals surface area contributed by atoms with Crippen molar-refractivity contribution in [3.63, 3.8) is 0 Å². The molecule has 0 saturated carbocycles. The highest BCUT2D eigenvalue weighted by molar-refractivity contribution is 5.92. The largest absolute Gasteiger partial charge is 0.323 e. The maximum absolute atomic E-state index is 12.4. The van der Waals surface area contributed by atoms with Crippen LogP contribution < -0.4 is 5.32 Å². The van der Waals surface area contributed by atoms with Gasteiger partial charge in [-0.05, 0) is 24.6 Å². The molecule has 0 atom stereocenters. The third-order valence-electron chi connectivity index (χ3n) is 4.63. The molecule has 2 amide bonds. The van der Waals surface area contributed by atoms with E-state index in [0.717, 1.165) is 48.2 Å². The van der Waals surface area contributed by atoms with Gasteiger partial charge in [0.15, 0.2) is 0 Å². The molecule has 0 unspecified atom stereocenters. The van der Waals surface area contributed by atoms with Gasteiger partial charge in [0.25, 0.3) is 0 Å². The van der Waals surface area contributed by atoms with Gasteiger partial charge in [-0.1, -0.05) is 0 Å². The molecular weight excluding hydrogens is 330 g/mol. The fourth-order valence-electron chi connectivity index (χ4n) is 3.02. The van der Waals surface area contributed by atoms with E-state index < -0.39 is 0 Å². The number of fused-ring (bicyclic) bond motifs is 1. The van der Waals surface area contributed by atoms with Crippen LogP contribution in [0.5, 0.6) is 0 Å². The van der Waals surface area contributed by atoms with E-state index in [4.69, 9.17) is 0 Å². The van der Waals surface area contributed by atoms with Crippen molar-refractivity contribution >= 4 is 22.6 Å². The summed E-state index contributed by atoms with van der Waals surface area (Å²) in [7, 11) is 3.94. The summed E-state index contributed by atoms with van der Waals surface area (Å²) < 4.78 is 1.75. The Labute approximate surface area is 151 Å². The number of likely N-dealkylation sites (N-methyl/N-ethyl adjacent to an activating group) is 1. The highest BCUT2D eigenvalue weighted by atomic mass is 16.2. The zero-order valence-corrected chi connectivity index (χ0v) is 14.9. The van der Waals surface area contributed by atoms with Crippen LogP contribution >= 0.6 is 0 Å². The molecule has 26 heavy (non-hydrogen) atoms. The number of aromatic nitrogens is 4. The number of carbonyl (C=O) groups is 1. The Balaban J connectivity index is 1.55. The molecular formula is C18H21N7O. The van der Waals surface area contributed by atoms with Crippen molar-refractivity contribution in [1.29, 1.82) is 0 Å². The predicted octanol–water partition coefficient (Wildman–Crippen LogP) is 1.81. The van der Waals surface area contributed by atoms with Crippen LogP contribution in [0.1, 0.15) is 0 Å². The fraction of sp³-hybridized carbons (Fsp3) is 0.333. The standard InChI is InChI=1S/C18H21N7O/c1-23-3-5-25(6-4-23)18(26)22-17-8-13-7-16(15-11-21-24(2)12-15)19-9-14(13)10-20-17/h7-12H,3-6H2,1-2H3,(H,20,22,26). The monoisotopic (exact) mass is 351 g/mol. The van der Waals surface area contributed by atoms with Gasteiger partial charge in [0.2, 0.25) is 0 Å². The molecule has 8 nitrogen and oxygen atoms in total. The van der Waals surface area contributed by atoms with Gasteiger partial charge in [0, 0.05) is 62.8 Å². The maximum Gasteiger partial charge on any atom is 0.323 e. The number of hydrogen-bond donors (Lipinski definition) is 1. The van der Waals surface area contributed by atoms with Gasteiger partial charge in [0.1, 0.15) is 5.82 Å². The minimum absolute atomic E-state index is 0.105. The van der Waals surface area contributed by atoms with E-state index in [-0.39, 0.29) is 6.03 Å². The number of rotatable bonds is 2. The van der Waals surface area contributed by atoms with Gasteiger partial charge < -0.3 is 9.80 Å². The number of amides is 2. The average molecular weight is 351 g/mol. The molecule has 0 bridgehead atoms. The normalized spacial score (nSPS) is 15.4. The smallest absolute Gasteiger partial charge is 0.322 e.